The van der Waals surface area contributed by atoms with E-state index in [-0.39, 0.29) is 12.3 Å². The third kappa shape index (κ3) is 11.1. The second-order valence-electron chi connectivity index (χ2n) is 4.15. The Balaban J connectivity index is 3.75. The van der Waals surface area contributed by atoms with Crippen molar-refractivity contribution in [2.45, 2.75) is 39.5 Å². The molecule has 0 aromatic heterocycles. The Kier molecular flexibility index (Phi) is 9.20. The van der Waals surface area contributed by atoms with Gasteiger partial charge in [0.15, 0.2) is 0 Å². The van der Waals surface area contributed by atoms with Gasteiger partial charge in [-0.05, 0) is 12.3 Å². The van der Waals surface area contributed by atoms with E-state index in [0.29, 0.717) is 13.0 Å². The van der Waals surface area contributed by atoms with E-state index in [2.05, 4.69) is 14.8 Å². The van der Waals surface area contributed by atoms with E-state index < -0.39 is 24.8 Å². The normalized spacial score (nSPS) is 11.5. The van der Waals surface area contributed by atoms with Gasteiger partial charge in [0.25, 0.3) is 0 Å². The van der Waals surface area contributed by atoms with Crippen molar-refractivity contribution in [2.75, 3.05) is 13.3 Å². The third-order valence-electron chi connectivity index (χ3n) is 2.43. The zero-order valence-electron chi connectivity index (χ0n) is 11.3. The summed E-state index contributed by atoms with van der Waals surface area (Å²) >= 11 is 0. The van der Waals surface area contributed by atoms with Gasteiger partial charge >= 0.3 is 18.0 Å². The molecule has 110 valence electrons. The second kappa shape index (κ2) is 10.2. The van der Waals surface area contributed by atoms with Crippen LogP contribution in [0.15, 0.2) is 0 Å². The van der Waals surface area contributed by atoms with Crippen LogP contribution < -0.4 is 5.32 Å². The van der Waals surface area contributed by atoms with E-state index in [0.717, 1.165) is 12.8 Å². The molecular formula is C12H21NO6. The second-order valence-corrected chi connectivity index (χ2v) is 4.15. The van der Waals surface area contributed by atoms with E-state index in [1.165, 1.54) is 6.92 Å². The first-order valence-electron chi connectivity index (χ1n) is 6.21. The Labute approximate surface area is 112 Å². The number of carboxylic acid groups (broad SMARTS) is 1. The third-order valence-corrected chi connectivity index (χ3v) is 2.43. The molecule has 0 aliphatic heterocycles. The summed E-state index contributed by atoms with van der Waals surface area (Å²) in [6.07, 6.45) is 1.68. The molecule has 0 saturated heterocycles. The minimum Gasteiger partial charge on any atom is -0.481 e. The molecule has 0 aromatic carbocycles. The number of carbonyl (C=O) groups excluding carboxylic acids is 2. The summed E-state index contributed by atoms with van der Waals surface area (Å²) in [7, 11) is 0. The largest absolute Gasteiger partial charge is 0.481 e. The number of carboxylic acids is 1. The maximum atomic E-state index is 11.1. The highest BCUT2D eigenvalue weighted by Crippen LogP contribution is 2.14. The molecule has 0 rings (SSSR count). The average molecular weight is 275 g/mol. The first-order valence-corrected chi connectivity index (χ1v) is 6.21. The Morgan fingerprint density at radius 2 is 1.89 bits per heavy atom. The van der Waals surface area contributed by atoms with Crippen molar-refractivity contribution in [1.29, 1.82) is 0 Å². The average Bonchev–Trinajstić information content (AvgIpc) is 2.27. The van der Waals surface area contributed by atoms with Crippen molar-refractivity contribution in [2.24, 2.45) is 5.92 Å². The molecule has 7 nitrogen and oxygen atoms in total. The fourth-order valence-electron chi connectivity index (χ4n) is 1.60. The minimum absolute atomic E-state index is 0.0382. The summed E-state index contributed by atoms with van der Waals surface area (Å²) in [5.74, 6) is -1.33. The molecule has 0 spiro atoms. The van der Waals surface area contributed by atoms with Gasteiger partial charge in [0.1, 0.15) is 0 Å². The van der Waals surface area contributed by atoms with Gasteiger partial charge in [0, 0.05) is 19.9 Å². The van der Waals surface area contributed by atoms with Gasteiger partial charge in [-0.2, -0.15) is 0 Å². The molecular weight excluding hydrogens is 254 g/mol. The van der Waals surface area contributed by atoms with Gasteiger partial charge < -0.3 is 19.9 Å². The molecule has 0 aliphatic rings. The van der Waals surface area contributed by atoms with Crippen LogP contribution >= 0.6 is 0 Å². The summed E-state index contributed by atoms with van der Waals surface area (Å²) in [6, 6.07) is 0. The fraction of sp³-hybridized carbons (Fsp3) is 0.750. The van der Waals surface area contributed by atoms with Crippen LogP contribution in [0, 0.1) is 5.92 Å². The van der Waals surface area contributed by atoms with E-state index in [4.69, 9.17) is 5.11 Å². The van der Waals surface area contributed by atoms with Gasteiger partial charge in [0.2, 0.25) is 6.79 Å². The zero-order valence-corrected chi connectivity index (χ0v) is 11.3. The molecule has 0 aromatic rings. The van der Waals surface area contributed by atoms with Crippen LogP contribution in [0.1, 0.15) is 39.5 Å². The molecule has 0 saturated carbocycles. The smallest absolute Gasteiger partial charge is 0.410 e. The maximum Gasteiger partial charge on any atom is 0.410 e. The number of nitrogens with one attached hydrogen (secondary N) is 1. The number of amides is 1. The van der Waals surface area contributed by atoms with Crippen LogP contribution in [0.25, 0.3) is 0 Å². The lowest BCUT2D eigenvalue weighted by Crippen LogP contribution is -2.28. The van der Waals surface area contributed by atoms with E-state index in [1.54, 1.807) is 0 Å². The quantitative estimate of drug-likeness (QED) is 0.488. The molecule has 1 amide bonds. The van der Waals surface area contributed by atoms with Crippen molar-refractivity contribution >= 4 is 18.0 Å². The number of hydrogen-bond donors (Lipinski definition) is 2. The number of hydrogen-bond acceptors (Lipinski definition) is 5. The summed E-state index contributed by atoms with van der Waals surface area (Å²) in [6.45, 7) is 3.10. The Morgan fingerprint density at radius 1 is 1.21 bits per heavy atom. The van der Waals surface area contributed by atoms with Crippen LogP contribution in [0.3, 0.4) is 0 Å². The van der Waals surface area contributed by atoms with Gasteiger partial charge in [-0.15, -0.1) is 0 Å². The van der Waals surface area contributed by atoms with Gasteiger partial charge in [0.05, 0.1) is 0 Å². The number of rotatable bonds is 9. The number of esters is 1. The topological polar surface area (TPSA) is 102 Å². The lowest BCUT2D eigenvalue weighted by Gasteiger charge is -2.14. The van der Waals surface area contributed by atoms with Crippen LogP contribution in [0.2, 0.25) is 0 Å². The highest BCUT2D eigenvalue weighted by atomic mass is 16.7. The Bertz CT molecular complexity index is 305. The maximum absolute atomic E-state index is 11.1. The number of alkyl carbamates (subject to hydrolysis) is 1. The highest BCUT2D eigenvalue weighted by Gasteiger charge is 2.13. The molecule has 0 radical (unpaired) electrons. The van der Waals surface area contributed by atoms with Crippen molar-refractivity contribution in [3.63, 3.8) is 0 Å². The summed E-state index contributed by atoms with van der Waals surface area (Å²) in [5.41, 5.74) is 0. The molecule has 0 fully saturated rings. The van der Waals surface area contributed by atoms with Crippen molar-refractivity contribution in [3.8, 4) is 0 Å². The lowest BCUT2D eigenvalue weighted by atomic mass is 9.96. The standard InChI is InChI=1S/C12H21NO6/c1-3-4-10(7-11(15)16)5-6-13-12(17)19-8-18-9(2)14/h10H,3-8H2,1-2H3,(H,13,17)(H,15,16). The SMILES string of the molecule is CCCC(CCNC(=O)OCOC(C)=O)CC(=O)O. The molecule has 1 unspecified atom stereocenters. The molecule has 7 heteroatoms. The van der Waals surface area contributed by atoms with Crippen molar-refractivity contribution in [1.82, 2.24) is 5.32 Å². The van der Waals surface area contributed by atoms with E-state index in [9.17, 15) is 14.4 Å². The summed E-state index contributed by atoms with van der Waals surface area (Å²) in [4.78, 5) is 32.2. The first kappa shape index (κ1) is 17.2. The highest BCUT2D eigenvalue weighted by molar-refractivity contribution is 5.68. The van der Waals surface area contributed by atoms with E-state index >= 15 is 0 Å². The molecule has 0 heterocycles. The van der Waals surface area contributed by atoms with Crippen LogP contribution in [0.4, 0.5) is 4.79 Å². The zero-order chi connectivity index (χ0) is 14.7. The first-order chi connectivity index (χ1) is 8.95. The fourth-order valence-corrected chi connectivity index (χ4v) is 1.60. The molecule has 0 aliphatic carbocycles. The summed E-state index contributed by atoms with van der Waals surface area (Å²) < 4.78 is 9.00. The van der Waals surface area contributed by atoms with Crippen molar-refractivity contribution in [3.05, 3.63) is 0 Å². The Hall–Kier alpha value is -1.79. The van der Waals surface area contributed by atoms with E-state index in [1.807, 2.05) is 6.92 Å². The lowest BCUT2D eigenvalue weighted by molar-refractivity contribution is -0.149. The molecule has 19 heavy (non-hydrogen) atoms. The number of carbonyl (C=O) groups is 3. The van der Waals surface area contributed by atoms with Crippen LogP contribution in [-0.2, 0) is 19.1 Å². The summed E-state index contributed by atoms with van der Waals surface area (Å²) in [5, 5.41) is 11.2. The van der Waals surface area contributed by atoms with Crippen LogP contribution in [0.5, 0.6) is 0 Å². The monoisotopic (exact) mass is 275 g/mol. The van der Waals surface area contributed by atoms with Gasteiger partial charge in [-0.3, -0.25) is 9.59 Å². The molecule has 1 atom stereocenters. The van der Waals surface area contributed by atoms with Crippen molar-refractivity contribution < 1.29 is 29.0 Å². The van der Waals surface area contributed by atoms with Gasteiger partial charge in [-0.25, -0.2) is 4.79 Å². The van der Waals surface area contributed by atoms with Gasteiger partial charge in [-0.1, -0.05) is 19.8 Å². The predicted octanol–water partition coefficient (Wildman–Crippen LogP) is 1.51. The molecule has 0 bridgehead atoms. The molecule has 2 N–H and O–H groups in total. The predicted molar refractivity (Wildman–Crippen MR) is 66.4 cm³/mol. The number of aliphatic carboxylic acids is 1. The Morgan fingerprint density at radius 3 is 2.42 bits per heavy atom. The minimum atomic E-state index is -0.837. The van der Waals surface area contributed by atoms with Crippen LogP contribution in [-0.4, -0.2) is 36.5 Å². The number of ether oxygens (including phenoxy) is 2.